The number of pyridine rings is 1. The third-order valence-corrected chi connectivity index (χ3v) is 7.58. The lowest BCUT2D eigenvalue weighted by Crippen LogP contribution is -2.29. The summed E-state index contributed by atoms with van der Waals surface area (Å²) in [6, 6.07) is 20.8. The van der Waals surface area contributed by atoms with E-state index in [4.69, 9.17) is 12.2 Å². The van der Waals surface area contributed by atoms with Crippen LogP contribution in [0.5, 0.6) is 0 Å². The molecule has 0 radical (unpaired) electrons. The van der Waals surface area contributed by atoms with Crippen LogP contribution in [0.4, 0.5) is 10.1 Å². The second-order valence-electron chi connectivity index (χ2n) is 8.57. The molecule has 172 valence electrons. The van der Waals surface area contributed by atoms with E-state index in [1.54, 1.807) is 18.3 Å². The topological polar surface area (TPSA) is 33.1 Å². The van der Waals surface area contributed by atoms with Crippen molar-refractivity contribution in [1.82, 2.24) is 14.9 Å². The fourth-order valence-corrected chi connectivity index (χ4v) is 5.42. The van der Waals surface area contributed by atoms with Crippen molar-refractivity contribution < 1.29 is 4.39 Å². The second-order valence-corrected chi connectivity index (χ2v) is 9.81. The van der Waals surface area contributed by atoms with E-state index < -0.39 is 0 Å². The Morgan fingerprint density at radius 3 is 2.50 bits per heavy atom. The maximum atomic E-state index is 14.1. The van der Waals surface area contributed by atoms with Crippen LogP contribution in [0.2, 0.25) is 0 Å². The molecule has 0 saturated carbocycles. The minimum absolute atomic E-state index is 0.128. The van der Waals surface area contributed by atoms with Gasteiger partial charge in [-0.25, -0.2) is 4.39 Å². The predicted octanol–water partition coefficient (Wildman–Crippen LogP) is 6.88. The van der Waals surface area contributed by atoms with Crippen LogP contribution in [0.25, 0.3) is 5.69 Å². The van der Waals surface area contributed by atoms with Crippen LogP contribution in [0, 0.1) is 26.6 Å². The third-order valence-electron chi connectivity index (χ3n) is 6.37. The van der Waals surface area contributed by atoms with E-state index in [0.717, 1.165) is 44.1 Å². The zero-order valence-corrected chi connectivity index (χ0v) is 21.5. The van der Waals surface area contributed by atoms with Crippen LogP contribution in [-0.2, 0) is 0 Å². The molecule has 0 spiro atoms. The molecule has 1 aliphatic heterocycles. The first-order valence-electron chi connectivity index (χ1n) is 11.1. The summed E-state index contributed by atoms with van der Waals surface area (Å²) in [6.07, 6.45) is 1.81. The molecule has 7 heteroatoms. The van der Waals surface area contributed by atoms with E-state index in [2.05, 4.69) is 73.8 Å². The Bertz CT molecular complexity index is 1380. The summed E-state index contributed by atoms with van der Waals surface area (Å²) in [5, 5.41) is 4.17. The summed E-state index contributed by atoms with van der Waals surface area (Å²) < 4.78 is 17.2. The van der Waals surface area contributed by atoms with E-state index in [9.17, 15) is 4.39 Å². The average molecular weight is 535 g/mol. The summed E-state index contributed by atoms with van der Waals surface area (Å²) in [5.74, 6) is -0.256. The highest BCUT2D eigenvalue weighted by Gasteiger charge is 2.42. The molecule has 0 bridgehead atoms. The number of halogens is 2. The Kier molecular flexibility index (Phi) is 6.00. The Morgan fingerprint density at radius 2 is 1.79 bits per heavy atom. The summed E-state index contributed by atoms with van der Waals surface area (Å²) in [7, 11) is 0. The van der Waals surface area contributed by atoms with Crippen molar-refractivity contribution in [2.75, 3.05) is 4.90 Å². The molecule has 2 aromatic carbocycles. The Morgan fingerprint density at radius 1 is 0.971 bits per heavy atom. The molecule has 4 aromatic rings. The lowest BCUT2D eigenvalue weighted by molar-refractivity contribution is 0.565. The highest BCUT2D eigenvalue weighted by molar-refractivity contribution is 9.10. The fraction of sp³-hybridized carbons (Fsp3) is 0.185. The van der Waals surface area contributed by atoms with Crippen LogP contribution in [0.15, 0.2) is 77.4 Å². The first kappa shape index (κ1) is 22.7. The van der Waals surface area contributed by atoms with Crippen molar-refractivity contribution in [2.45, 2.75) is 32.9 Å². The van der Waals surface area contributed by atoms with Crippen molar-refractivity contribution in [3.63, 3.8) is 0 Å². The van der Waals surface area contributed by atoms with Crippen LogP contribution < -0.4 is 10.2 Å². The maximum Gasteiger partial charge on any atom is 0.174 e. The third kappa shape index (κ3) is 3.93. The van der Waals surface area contributed by atoms with Gasteiger partial charge in [-0.3, -0.25) is 4.98 Å². The summed E-state index contributed by atoms with van der Waals surface area (Å²) in [6.45, 7) is 6.20. The van der Waals surface area contributed by atoms with Gasteiger partial charge in [-0.2, -0.15) is 0 Å². The minimum Gasteiger partial charge on any atom is -0.351 e. The molecule has 1 saturated heterocycles. The highest BCUT2D eigenvalue weighted by Crippen LogP contribution is 2.44. The van der Waals surface area contributed by atoms with Gasteiger partial charge in [-0.05, 0) is 98.7 Å². The van der Waals surface area contributed by atoms with Gasteiger partial charge >= 0.3 is 0 Å². The van der Waals surface area contributed by atoms with Gasteiger partial charge in [-0.1, -0.05) is 28.1 Å². The van der Waals surface area contributed by atoms with Crippen molar-refractivity contribution >= 4 is 38.9 Å². The molecule has 1 N–H and O–H groups in total. The van der Waals surface area contributed by atoms with E-state index in [0.29, 0.717) is 5.11 Å². The second kappa shape index (κ2) is 8.96. The molecule has 2 atom stereocenters. The van der Waals surface area contributed by atoms with E-state index in [1.807, 2.05) is 31.2 Å². The zero-order valence-electron chi connectivity index (χ0n) is 19.1. The van der Waals surface area contributed by atoms with Crippen molar-refractivity contribution in [1.29, 1.82) is 0 Å². The van der Waals surface area contributed by atoms with Gasteiger partial charge in [0.05, 0.1) is 17.8 Å². The molecule has 2 aromatic heterocycles. The summed E-state index contributed by atoms with van der Waals surface area (Å²) in [5.41, 5.74) is 7.05. The standard InChI is InChI=1S/C27H24BrFN4S/c1-16-13-21(10-11-23(16)28)33-26(25(31-27(33)34)24-9-4-5-12-30-24)22-14-17(2)32(18(22)3)20-8-6-7-19(29)15-20/h4-15,25-26H,1-3H3,(H,31,34). The number of nitrogens with zero attached hydrogens (tertiary/aromatic N) is 3. The lowest BCUT2D eigenvalue weighted by Gasteiger charge is -2.28. The molecule has 34 heavy (non-hydrogen) atoms. The molecule has 1 aliphatic rings. The predicted molar refractivity (Wildman–Crippen MR) is 142 cm³/mol. The summed E-state index contributed by atoms with van der Waals surface area (Å²) >= 11 is 9.47. The van der Waals surface area contributed by atoms with Crippen LogP contribution in [0.3, 0.4) is 0 Å². The van der Waals surface area contributed by atoms with E-state index in [-0.39, 0.29) is 17.9 Å². The Balaban J connectivity index is 1.69. The molecule has 1 fully saturated rings. The molecule has 0 amide bonds. The lowest BCUT2D eigenvalue weighted by atomic mass is 9.96. The van der Waals surface area contributed by atoms with Gasteiger partial charge in [0.2, 0.25) is 0 Å². The maximum absolute atomic E-state index is 14.1. The molecular weight excluding hydrogens is 511 g/mol. The quantitative estimate of drug-likeness (QED) is 0.289. The number of nitrogens with one attached hydrogen (secondary N) is 1. The largest absolute Gasteiger partial charge is 0.351 e. The number of anilines is 1. The number of aromatic nitrogens is 2. The van der Waals surface area contributed by atoms with Crippen LogP contribution in [-0.4, -0.2) is 14.7 Å². The van der Waals surface area contributed by atoms with E-state index >= 15 is 0 Å². The molecule has 3 heterocycles. The van der Waals surface area contributed by atoms with Gasteiger partial charge in [-0.15, -0.1) is 0 Å². The number of hydrogen-bond donors (Lipinski definition) is 1. The number of rotatable bonds is 4. The van der Waals surface area contributed by atoms with Gasteiger partial charge in [0.15, 0.2) is 5.11 Å². The molecule has 4 nitrogen and oxygen atoms in total. The monoisotopic (exact) mass is 534 g/mol. The zero-order chi connectivity index (χ0) is 24.0. The van der Waals surface area contributed by atoms with Crippen LogP contribution in [0.1, 0.15) is 40.3 Å². The van der Waals surface area contributed by atoms with Gasteiger partial charge in [0.1, 0.15) is 5.82 Å². The van der Waals surface area contributed by atoms with Crippen molar-refractivity contribution in [3.05, 3.63) is 111 Å². The Labute approximate surface area is 212 Å². The number of hydrogen-bond acceptors (Lipinski definition) is 2. The highest BCUT2D eigenvalue weighted by atomic mass is 79.9. The normalized spacial score (nSPS) is 17.8. The summed E-state index contributed by atoms with van der Waals surface area (Å²) in [4.78, 5) is 6.82. The van der Waals surface area contributed by atoms with Gasteiger partial charge in [0, 0.05) is 33.4 Å². The van der Waals surface area contributed by atoms with Gasteiger partial charge in [0.25, 0.3) is 0 Å². The van der Waals surface area contributed by atoms with Crippen LogP contribution >= 0.6 is 28.1 Å². The van der Waals surface area contributed by atoms with Crippen molar-refractivity contribution in [3.8, 4) is 5.69 Å². The van der Waals surface area contributed by atoms with Crippen molar-refractivity contribution in [2.24, 2.45) is 0 Å². The molecule has 2 unspecified atom stereocenters. The smallest absolute Gasteiger partial charge is 0.174 e. The first-order valence-corrected chi connectivity index (χ1v) is 12.3. The average Bonchev–Trinajstić information content (AvgIpc) is 3.31. The molecule has 0 aliphatic carbocycles. The minimum atomic E-state index is -0.256. The molecular formula is C27H24BrFN4S. The molecule has 5 rings (SSSR count). The fourth-order valence-electron chi connectivity index (χ4n) is 4.83. The van der Waals surface area contributed by atoms with E-state index in [1.165, 1.54) is 6.07 Å². The van der Waals surface area contributed by atoms with Gasteiger partial charge < -0.3 is 14.8 Å². The number of benzene rings is 2. The SMILES string of the molecule is Cc1cc(N2C(=S)NC(c3ccccn3)C2c2cc(C)n(-c3cccc(F)c3)c2C)ccc1Br. The first-order chi connectivity index (χ1) is 16.3. The number of thiocarbonyl (C=S) groups is 1. The number of aryl methyl sites for hydroxylation is 2. The Hall–Kier alpha value is -3.03.